The van der Waals surface area contributed by atoms with Gasteiger partial charge in [-0.1, -0.05) is 13.0 Å². The Morgan fingerprint density at radius 1 is 1.53 bits per heavy atom. The number of carbonyl (C=O) groups is 1. The zero-order valence-electron chi connectivity index (χ0n) is 11.7. The number of rotatable bonds is 4. The molecule has 1 heterocycles. The molecular formula is C15H22N2O2. The van der Waals surface area contributed by atoms with Crippen LogP contribution in [0.1, 0.15) is 24.5 Å². The number of aryl methyl sites for hydroxylation is 2. The zero-order chi connectivity index (χ0) is 13.7. The Labute approximate surface area is 114 Å². The van der Waals surface area contributed by atoms with E-state index in [0.29, 0.717) is 13.0 Å². The van der Waals surface area contributed by atoms with Crippen LogP contribution >= 0.6 is 0 Å². The summed E-state index contributed by atoms with van der Waals surface area (Å²) < 4.78 is 5.53. The van der Waals surface area contributed by atoms with Crippen molar-refractivity contribution in [2.24, 2.45) is 0 Å². The smallest absolute Gasteiger partial charge is 0.227 e. The van der Waals surface area contributed by atoms with Crippen LogP contribution in [0.3, 0.4) is 0 Å². The normalized spacial score (nSPS) is 19.2. The van der Waals surface area contributed by atoms with Gasteiger partial charge in [-0.3, -0.25) is 4.79 Å². The van der Waals surface area contributed by atoms with Gasteiger partial charge in [0.25, 0.3) is 0 Å². The molecule has 1 aromatic carbocycles. The topological polar surface area (TPSA) is 50.4 Å². The number of morpholine rings is 1. The molecular weight excluding hydrogens is 240 g/mol. The van der Waals surface area contributed by atoms with Gasteiger partial charge >= 0.3 is 0 Å². The molecule has 1 amide bonds. The van der Waals surface area contributed by atoms with Crippen molar-refractivity contribution in [2.45, 2.75) is 32.8 Å². The lowest BCUT2D eigenvalue weighted by Gasteiger charge is -2.23. The molecule has 2 rings (SSSR count). The van der Waals surface area contributed by atoms with Crippen molar-refractivity contribution in [1.82, 2.24) is 5.32 Å². The Morgan fingerprint density at radius 2 is 2.37 bits per heavy atom. The van der Waals surface area contributed by atoms with Gasteiger partial charge in [-0.05, 0) is 36.6 Å². The SMILES string of the molecule is CCc1cc(NC(=O)CC2CNCCO2)ccc1C. The van der Waals surface area contributed by atoms with Crippen LogP contribution in [0.15, 0.2) is 18.2 Å². The molecule has 1 saturated heterocycles. The van der Waals surface area contributed by atoms with Gasteiger partial charge < -0.3 is 15.4 Å². The monoisotopic (exact) mass is 262 g/mol. The van der Waals surface area contributed by atoms with Crippen LogP contribution < -0.4 is 10.6 Å². The van der Waals surface area contributed by atoms with Gasteiger partial charge in [-0.15, -0.1) is 0 Å². The van der Waals surface area contributed by atoms with Crippen LogP contribution in [-0.2, 0) is 16.0 Å². The molecule has 0 saturated carbocycles. The van der Waals surface area contributed by atoms with E-state index in [1.165, 1.54) is 11.1 Å². The summed E-state index contributed by atoms with van der Waals surface area (Å²) in [5.41, 5.74) is 3.41. The number of anilines is 1. The van der Waals surface area contributed by atoms with Crippen LogP contribution in [0.2, 0.25) is 0 Å². The Bertz CT molecular complexity index is 440. The summed E-state index contributed by atoms with van der Waals surface area (Å²) >= 11 is 0. The molecule has 1 aliphatic heterocycles. The Balaban J connectivity index is 1.90. The minimum Gasteiger partial charge on any atom is -0.375 e. The van der Waals surface area contributed by atoms with Crippen molar-refractivity contribution < 1.29 is 9.53 Å². The fraction of sp³-hybridized carbons (Fsp3) is 0.533. The summed E-state index contributed by atoms with van der Waals surface area (Å²) in [7, 11) is 0. The van der Waals surface area contributed by atoms with E-state index in [1.54, 1.807) is 0 Å². The Hall–Kier alpha value is -1.39. The van der Waals surface area contributed by atoms with E-state index >= 15 is 0 Å². The summed E-state index contributed by atoms with van der Waals surface area (Å²) in [6.45, 7) is 6.52. The average molecular weight is 262 g/mol. The molecule has 1 aromatic rings. The Morgan fingerprint density at radius 3 is 3.05 bits per heavy atom. The van der Waals surface area contributed by atoms with Crippen LogP contribution in [0.5, 0.6) is 0 Å². The number of nitrogens with one attached hydrogen (secondary N) is 2. The molecule has 19 heavy (non-hydrogen) atoms. The fourth-order valence-corrected chi connectivity index (χ4v) is 2.30. The van der Waals surface area contributed by atoms with Gasteiger partial charge in [0.1, 0.15) is 0 Å². The number of hydrogen-bond donors (Lipinski definition) is 2. The largest absolute Gasteiger partial charge is 0.375 e. The molecule has 4 heteroatoms. The molecule has 0 radical (unpaired) electrons. The molecule has 0 bridgehead atoms. The number of amides is 1. The highest BCUT2D eigenvalue weighted by Gasteiger charge is 2.17. The van der Waals surface area contributed by atoms with Gasteiger partial charge in [-0.25, -0.2) is 0 Å². The van der Waals surface area contributed by atoms with Crippen molar-refractivity contribution in [3.05, 3.63) is 29.3 Å². The van der Waals surface area contributed by atoms with Crippen molar-refractivity contribution in [1.29, 1.82) is 0 Å². The zero-order valence-corrected chi connectivity index (χ0v) is 11.7. The van der Waals surface area contributed by atoms with Crippen molar-refractivity contribution in [3.8, 4) is 0 Å². The van der Waals surface area contributed by atoms with E-state index in [9.17, 15) is 4.79 Å². The second-order valence-electron chi connectivity index (χ2n) is 4.94. The van der Waals surface area contributed by atoms with Gasteiger partial charge in [0.2, 0.25) is 5.91 Å². The second kappa shape index (κ2) is 6.68. The lowest BCUT2D eigenvalue weighted by molar-refractivity contribution is -0.119. The first-order valence-corrected chi connectivity index (χ1v) is 6.90. The number of benzene rings is 1. The summed E-state index contributed by atoms with van der Waals surface area (Å²) in [4.78, 5) is 11.9. The predicted octanol–water partition coefficient (Wildman–Crippen LogP) is 1.87. The minimum absolute atomic E-state index is 0.00940. The van der Waals surface area contributed by atoms with Crippen LogP contribution in [0.4, 0.5) is 5.69 Å². The standard InChI is InChI=1S/C15H22N2O2/c1-3-12-8-13(5-4-11(12)2)17-15(18)9-14-10-16-6-7-19-14/h4-5,8,14,16H,3,6-7,9-10H2,1-2H3,(H,17,18). The van der Waals surface area contributed by atoms with Gasteiger partial charge in [0.05, 0.1) is 19.1 Å². The molecule has 1 fully saturated rings. The summed E-state index contributed by atoms with van der Waals surface area (Å²) in [6.07, 6.45) is 1.37. The average Bonchev–Trinajstić information content (AvgIpc) is 2.42. The lowest BCUT2D eigenvalue weighted by atomic mass is 10.1. The highest BCUT2D eigenvalue weighted by molar-refractivity contribution is 5.91. The molecule has 1 unspecified atom stereocenters. The quantitative estimate of drug-likeness (QED) is 0.871. The number of hydrogen-bond acceptors (Lipinski definition) is 3. The van der Waals surface area contributed by atoms with E-state index in [4.69, 9.17) is 4.74 Å². The first kappa shape index (κ1) is 14.0. The molecule has 0 aliphatic carbocycles. The van der Waals surface area contributed by atoms with Crippen LogP contribution in [0, 0.1) is 6.92 Å². The van der Waals surface area contributed by atoms with E-state index in [2.05, 4.69) is 24.5 Å². The van der Waals surface area contributed by atoms with Gasteiger partial charge in [0.15, 0.2) is 0 Å². The first-order valence-electron chi connectivity index (χ1n) is 6.90. The molecule has 104 valence electrons. The predicted molar refractivity (Wildman–Crippen MR) is 76.4 cm³/mol. The van der Waals surface area contributed by atoms with E-state index in [-0.39, 0.29) is 12.0 Å². The number of carbonyl (C=O) groups excluding carboxylic acids is 1. The van der Waals surface area contributed by atoms with Crippen LogP contribution in [-0.4, -0.2) is 31.7 Å². The third-order valence-electron chi connectivity index (χ3n) is 3.43. The third-order valence-corrected chi connectivity index (χ3v) is 3.43. The van der Waals surface area contributed by atoms with Crippen LogP contribution in [0.25, 0.3) is 0 Å². The fourth-order valence-electron chi connectivity index (χ4n) is 2.30. The molecule has 0 aromatic heterocycles. The van der Waals surface area contributed by atoms with E-state index < -0.39 is 0 Å². The van der Waals surface area contributed by atoms with Gasteiger partial charge in [-0.2, -0.15) is 0 Å². The highest BCUT2D eigenvalue weighted by atomic mass is 16.5. The van der Waals surface area contributed by atoms with E-state index in [0.717, 1.165) is 25.2 Å². The maximum Gasteiger partial charge on any atom is 0.227 e. The lowest BCUT2D eigenvalue weighted by Crippen LogP contribution is -2.40. The maximum atomic E-state index is 11.9. The summed E-state index contributed by atoms with van der Waals surface area (Å²) in [5, 5.41) is 6.17. The summed E-state index contributed by atoms with van der Waals surface area (Å²) in [5.74, 6) is 0.0135. The minimum atomic E-state index is -0.00940. The third kappa shape index (κ3) is 4.04. The summed E-state index contributed by atoms with van der Waals surface area (Å²) in [6, 6.07) is 6.05. The molecule has 1 atom stereocenters. The van der Waals surface area contributed by atoms with Crippen molar-refractivity contribution in [3.63, 3.8) is 0 Å². The molecule has 1 aliphatic rings. The second-order valence-corrected chi connectivity index (χ2v) is 4.94. The van der Waals surface area contributed by atoms with E-state index in [1.807, 2.05) is 18.2 Å². The molecule has 2 N–H and O–H groups in total. The number of ether oxygens (including phenoxy) is 1. The molecule has 0 spiro atoms. The first-order chi connectivity index (χ1) is 9.19. The highest BCUT2D eigenvalue weighted by Crippen LogP contribution is 2.16. The van der Waals surface area contributed by atoms with Crippen molar-refractivity contribution in [2.75, 3.05) is 25.0 Å². The molecule has 4 nitrogen and oxygen atoms in total. The van der Waals surface area contributed by atoms with Gasteiger partial charge in [0, 0.05) is 18.8 Å². The van der Waals surface area contributed by atoms with Crippen molar-refractivity contribution >= 4 is 11.6 Å². The maximum absolute atomic E-state index is 11.9. The Kier molecular flexibility index (Phi) is 4.93.